The van der Waals surface area contributed by atoms with Crippen molar-refractivity contribution in [3.63, 3.8) is 0 Å². The van der Waals surface area contributed by atoms with Gasteiger partial charge in [-0.3, -0.25) is 0 Å². The van der Waals surface area contributed by atoms with Gasteiger partial charge in [-0.15, -0.1) is 12.4 Å². The van der Waals surface area contributed by atoms with Crippen molar-refractivity contribution in [3.05, 3.63) is 0 Å². The third-order valence-electron chi connectivity index (χ3n) is 3.18. The van der Waals surface area contributed by atoms with Gasteiger partial charge in [0.25, 0.3) is 0 Å². The fraction of sp³-hybridized carbons (Fsp3) is 1.00. The molecule has 0 amide bonds. The number of nitrogens with one attached hydrogen (secondary N) is 1. The van der Waals surface area contributed by atoms with Gasteiger partial charge in [-0.25, -0.2) is 0 Å². The second-order valence-electron chi connectivity index (χ2n) is 4.09. The summed E-state index contributed by atoms with van der Waals surface area (Å²) in [4.78, 5) is 0. The Morgan fingerprint density at radius 3 is 2.50 bits per heavy atom. The van der Waals surface area contributed by atoms with Crippen molar-refractivity contribution >= 4 is 12.4 Å². The molecule has 5 N–H and O–H groups in total. The van der Waals surface area contributed by atoms with Crippen LogP contribution in [0.25, 0.3) is 0 Å². The molecule has 0 aromatic rings. The predicted octanol–water partition coefficient (Wildman–Crippen LogP) is -2.01. The van der Waals surface area contributed by atoms with Crippen molar-refractivity contribution in [2.45, 2.75) is 42.7 Å². The van der Waals surface area contributed by atoms with Gasteiger partial charge in [-0.05, 0) is 12.8 Å². The number of hydrogen-bond acceptors (Lipinski definition) is 5. The van der Waals surface area contributed by atoms with E-state index in [2.05, 4.69) is 5.32 Å². The molecule has 0 aromatic carbocycles. The van der Waals surface area contributed by atoms with E-state index in [0.29, 0.717) is 6.42 Å². The van der Waals surface area contributed by atoms with Crippen LogP contribution < -0.4 is 5.32 Å². The number of rotatable bonds is 1. The van der Waals surface area contributed by atoms with Crippen LogP contribution in [0.15, 0.2) is 0 Å². The summed E-state index contributed by atoms with van der Waals surface area (Å²) >= 11 is 0. The van der Waals surface area contributed by atoms with Gasteiger partial charge in [0.2, 0.25) is 0 Å². The van der Waals surface area contributed by atoms with E-state index in [0.717, 1.165) is 0 Å². The van der Waals surface area contributed by atoms with Crippen molar-refractivity contribution < 1.29 is 20.4 Å². The lowest BCUT2D eigenvalue weighted by Gasteiger charge is -2.36. The highest BCUT2D eigenvalue weighted by Crippen LogP contribution is 2.35. The van der Waals surface area contributed by atoms with Crippen LogP contribution >= 0.6 is 12.4 Å². The number of piperidine rings is 1. The van der Waals surface area contributed by atoms with Crippen LogP contribution in [0.3, 0.4) is 0 Å². The zero-order chi connectivity index (χ0) is 9.64. The van der Waals surface area contributed by atoms with Gasteiger partial charge in [0.15, 0.2) is 0 Å². The van der Waals surface area contributed by atoms with Crippen LogP contribution in [0.1, 0.15) is 12.8 Å². The molecule has 14 heavy (non-hydrogen) atoms. The maximum atomic E-state index is 9.65. The molecule has 2 aliphatic heterocycles. The van der Waals surface area contributed by atoms with Crippen LogP contribution in [0.4, 0.5) is 0 Å². The molecule has 0 radical (unpaired) electrons. The summed E-state index contributed by atoms with van der Waals surface area (Å²) in [6.45, 7) is -0.265. The van der Waals surface area contributed by atoms with Gasteiger partial charge < -0.3 is 25.7 Å². The first-order chi connectivity index (χ1) is 6.09. The largest absolute Gasteiger partial charge is 0.394 e. The van der Waals surface area contributed by atoms with E-state index in [1.165, 1.54) is 0 Å². The summed E-state index contributed by atoms with van der Waals surface area (Å²) in [7, 11) is 0. The van der Waals surface area contributed by atoms with Gasteiger partial charge >= 0.3 is 0 Å². The zero-order valence-corrected chi connectivity index (χ0v) is 8.44. The molecule has 6 heteroatoms. The van der Waals surface area contributed by atoms with E-state index in [1.54, 1.807) is 0 Å². The summed E-state index contributed by atoms with van der Waals surface area (Å²) in [5.74, 6) is 0. The van der Waals surface area contributed by atoms with Crippen molar-refractivity contribution in [1.29, 1.82) is 0 Å². The molecule has 5 atom stereocenters. The smallest absolute Gasteiger partial charge is 0.102 e. The predicted molar refractivity (Wildman–Crippen MR) is 51.2 cm³/mol. The Bertz CT molecular complexity index is 214. The third kappa shape index (κ3) is 1.54. The summed E-state index contributed by atoms with van der Waals surface area (Å²) in [5.41, 5.74) is -0.901. The van der Waals surface area contributed by atoms with Crippen LogP contribution in [-0.4, -0.2) is 56.9 Å². The van der Waals surface area contributed by atoms with Gasteiger partial charge in [0.05, 0.1) is 24.4 Å². The quantitative estimate of drug-likeness (QED) is 0.356. The third-order valence-corrected chi connectivity index (χ3v) is 3.18. The molecule has 5 nitrogen and oxygen atoms in total. The number of hydrogen-bond donors (Lipinski definition) is 5. The van der Waals surface area contributed by atoms with Crippen LogP contribution in [0.2, 0.25) is 0 Å². The molecule has 0 spiro atoms. The Morgan fingerprint density at radius 1 is 1.29 bits per heavy atom. The molecule has 0 saturated carbocycles. The van der Waals surface area contributed by atoms with Crippen molar-refractivity contribution in [2.75, 3.05) is 6.61 Å². The fourth-order valence-electron chi connectivity index (χ4n) is 2.47. The first-order valence-electron chi connectivity index (χ1n) is 4.52. The van der Waals surface area contributed by atoms with Gasteiger partial charge in [0.1, 0.15) is 6.10 Å². The van der Waals surface area contributed by atoms with E-state index < -0.39 is 23.9 Å². The van der Waals surface area contributed by atoms with Crippen molar-refractivity contribution in [3.8, 4) is 0 Å². The van der Waals surface area contributed by atoms with Crippen LogP contribution in [-0.2, 0) is 0 Å². The van der Waals surface area contributed by atoms with Crippen LogP contribution in [0, 0.1) is 0 Å². The second-order valence-corrected chi connectivity index (χ2v) is 4.09. The second kappa shape index (κ2) is 3.92. The summed E-state index contributed by atoms with van der Waals surface area (Å²) in [6.07, 6.45) is -1.70. The maximum absolute atomic E-state index is 9.65. The average Bonchev–Trinajstić information content (AvgIpc) is 2.29. The lowest BCUT2D eigenvalue weighted by molar-refractivity contribution is -0.0211. The van der Waals surface area contributed by atoms with E-state index in [4.69, 9.17) is 5.11 Å². The molecule has 2 fully saturated rings. The summed E-state index contributed by atoms with van der Waals surface area (Å²) < 4.78 is 0. The Morgan fingerprint density at radius 2 is 1.93 bits per heavy atom. The van der Waals surface area contributed by atoms with E-state index >= 15 is 0 Å². The molecule has 2 rings (SSSR count). The number of fused-ring (bicyclic) bond motifs is 2. The molecule has 2 aliphatic rings. The normalized spacial score (nSPS) is 51.4. The fourth-order valence-corrected chi connectivity index (χ4v) is 2.47. The summed E-state index contributed by atoms with van der Waals surface area (Å²) in [5, 5.41) is 40.8. The molecule has 2 bridgehead atoms. The molecule has 0 aliphatic carbocycles. The van der Waals surface area contributed by atoms with E-state index in [-0.39, 0.29) is 31.5 Å². The minimum absolute atomic E-state index is 0. The first kappa shape index (κ1) is 12.2. The molecule has 2 saturated heterocycles. The summed E-state index contributed by atoms with van der Waals surface area (Å²) in [6, 6.07) is -0.300. The lowest BCUT2D eigenvalue weighted by Crippen LogP contribution is -2.57. The number of aliphatic hydroxyl groups is 4. The number of halogens is 1. The monoisotopic (exact) mass is 225 g/mol. The van der Waals surface area contributed by atoms with E-state index in [9.17, 15) is 15.3 Å². The Balaban J connectivity index is 0.000000980. The highest BCUT2D eigenvalue weighted by Gasteiger charge is 2.56. The average molecular weight is 226 g/mol. The Labute approximate surface area is 88.2 Å². The van der Waals surface area contributed by atoms with E-state index in [1.807, 2.05) is 0 Å². The zero-order valence-electron chi connectivity index (χ0n) is 7.63. The highest BCUT2D eigenvalue weighted by atomic mass is 35.5. The molecule has 0 aromatic heterocycles. The highest BCUT2D eigenvalue weighted by molar-refractivity contribution is 5.85. The minimum atomic E-state index is -0.986. The van der Waals surface area contributed by atoms with Crippen LogP contribution in [0.5, 0.6) is 0 Å². The van der Waals surface area contributed by atoms with Crippen molar-refractivity contribution in [2.24, 2.45) is 0 Å². The maximum Gasteiger partial charge on any atom is 0.102 e. The van der Waals surface area contributed by atoms with Gasteiger partial charge in [-0.2, -0.15) is 0 Å². The van der Waals surface area contributed by atoms with Crippen molar-refractivity contribution in [1.82, 2.24) is 5.32 Å². The Hall–Kier alpha value is 0.0900. The molecule has 84 valence electrons. The van der Waals surface area contributed by atoms with Gasteiger partial charge in [0, 0.05) is 6.04 Å². The number of aliphatic hydroxyl groups excluding tert-OH is 4. The Kier molecular flexibility index (Phi) is 3.41. The molecule has 2 heterocycles. The molecular formula is C8H16ClNO4. The molecule has 0 unspecified atom stereocenters. The topological polar surface area (TPSA) is 93.0 Å². The molecular weight excluding hydrogens is 210 g/mol. The lowest BCUT2D eigenvalue weighted by atomic mass is 9.88. The minimum Gasteiger partial charge on any atom is -0.394 e. The first-order valence-corrected chi connectivity index (χ1v) is 4.52. The SMILES string of the molecule is Cl.OC[C@@]12C[C@@H](O)C[C@@H](N1)[C@@H](O)[C@@H]2O. The standard InChI is InChI=1S/C8H15NO4.ClH/c10-3-8-2-4(11)1-5(9-8)6(12)7(8)13;/h4-7,9-13H,1-3H2;1H/t4-,5+,6+,7-,8+;/m0./s1. The van der Waals surface area contributed by atoms with Gasteiger partial charge in [-0.1, -0.05) is 0 Å².